The summed E-state index contributed by atoms with van der Waals surface area (Å²) in [5.41, 5.74) is 1.96. The first-order valence-corrected chi connectivity index (χ1v) is 13.0. The zero-order valence-corrected chi connectivity index (χ0v) is 22.5. The molecule has 216 valence electrons. The molecule has 3 rings (SSSR count). The fraction of sp³-hybridized carbons (Fsp3) is 0.290. The second-order valence-electron chi connectivity index (χ2n) is 9.57. The summed E-state index contributed by atoms with van der Waals surface area (Å²) in [6.07, 6.45) is -4.54. The van der Waals surface area contributed by atoms with Crippen molar-refractivity contribution in [2.45, 2.75) is 51.3 Å². The van der Waals surface area contributed by atoms with Gasteiger partial charge >= 0.3 is 12.3 Å². The first-order chi connectivity index (χ1) is 19.4. The zero-order chi connectivity index (χ0) is 30.2. The van der Waals surface area contributed by atoms with Gasteiger partial charge in [-0.05, 0) is 47.7 Å². The van der Waals surface area contributed by atoms with Crippen LogP contribution in [0.2, 0.25) is 0 Å². The average Bonchev–Trinajstić information content (AvgIpc) is 2.94. The quantitative estimate of drug-likeness (QED) is 0.226. The molecule has 0 aromatic heterocycles. The zero-order valence-electron chi connectivity index (χ0n) is 22.5. The third-order valence-corrected chi connectivity index (χ3v) is 6.67. The molecule has 7 nitrogen and oxygen atoms in total. The minimum absolute atomic E-state index is 0.0717. The minimum Gasteiger partial charge on any atom is -0.481 e. The first kappa shape index (κ1) is 31.1. The highest BCUT2D eigenvalue weighted by Crippen LogP contribution is 2.30. The summed E-state index contributed by atoms with van der Waals surface area (Å²) >= 11 is 0. The van der Waals surface area contributed by atoms with Crippen molar-refractivity contribution in [2.24, 2.45) is 0 Å². The van der Waals surface area contributed by atoms with Crippen molar-refractivity contribution in [1.29, 1.82) is 0 Å². The maximum Gasteiger partial charge on any atom is 0.573 e. The Morgan fingerprint density at radius 3 is 2.07 bits per heavy atom. The van der Waals surface area contributed by atoms with Gasteiger partial charge in [0.2, 0.25) is 0 Å². The number of Topliss-reactive ketones (excluding diaryl/α,β-unsaturated/α-hetero) is 2. The second kappa shape index (κ2) is 13.7. The van der Waals surface area contributed by atoms with Gasteiger partial charge in [-0.1, -0.05) is 62.4 Å². The third kappa shape index (κ3) is 9.02. The number of nitrogens with one attached hydrogen (secondary N) is 1. The predicted octanol–water partition coefficient (Wildman–Crippen LogP) is 6.54. The summed E-state index contributed by atoms with van der Waals surface area (Å²) in [4.78, 5) is 49.9. The van der Waals surface area contributed by atoms with Crippen LogP contribution in [0.4, 0.5) is 13.2 Å². The van der Waals surface area contributed by atoms with E-state index in [-0.39, 0.29) is 36.3 Å². The minimum atomic E-state index is -4.95. The van der Waals surface area contributed by atoms with E-state index in [4.69, 9.17) is 5.11 Å². The van der Waals surface area contributed by atoms with Gasteiger partial charge in [0.15, 0.2) is 11.6 Å². The molecule has 0 aliphatic rings. The van der Waals surface area contributed by atoms with Crippen LogP contribution in [0.5, 0.6) is 5.75 Å². The Balaban J connectivity index is 1.90. The Morgan fingerprint density at radius 1 is 0.878 bits per heavy atom. The molecular weight excluding hydrogens is 539 g/mol. The number of hydrogen-bond donors (Lipinski definition) is 2. The summed E-state index contributed by atoms with van der Waals surface area (Å²) in [6, 6.07) is 17.6. The number of halogens is 3. The van der Waals surface area contributed by atoms with Crippen LogP contribution in [-0.2, 0) is 4.79 Å². The van der Waals surface area contributed by atoms with Crippen LogP contribution in [0.1, 0.15) is 87.1 Å². The van der Waals surface area contributed by atoms with E-state index >= 15 is 0 Å². The molecule has 0 saturated heterocycles. The number of benzene rings is 3. The number of ether oxygens (including phenoxy) is 1. The lowest BCUT2D eigenvalue weighted by Gasteiger charge is -2.18. The number of carbonyl (C=O) groups excluding carboxylic acids is 3. The van der Waals surface area contributed by atoms with Crippen molar-refractivity contribution in [3.8, 4) is 5.75 Å². The van der Waals surface area contributed by atoms with Crippen molar-refractivity contribution in [2.75, 3.05) is 6.54 Å². The molecule has 41 heavy (non-hydrogen) atoms. The van der Waals surface area contributed by atoms with Crippen molar-refractivity contribution in [3.63, 3.8) is 0 Å². The Labute approximate surface area is 235 Å². The third-order valence-electron chi connectivity index (χ3n) is 6.67. The number of rotatable bonds is 13. The van der Waals surface area contributed by atoms with E-state index in [1.807, 2.05) is 12.1 Å². The van der Waals surface area contributed by atoms with Crippen LogP contribution in [-0.4, -0.2) is 41.5 Å². The largest absolute Gasteiger partial charge is 0.573 e. The van der Waals surface area contributed by atoms with Gasteiger partial charge in [0.05, 0.1) is 12.3 Å². The second-order valence-corrected chi connectivity index (χ2v) is 9.57. The predicted molar refractivity (Wildman–Crippen MR) is 145 cm³/mol. The molecule has 0 heterocycles. The molecule has 3 aromatic rings. The maximum atomic E-state index is 13.6. The van der Waals surface area contributed by atoms with Crippen molar-refractivity contribution in [1.82, 2.24) is 5.32 Å². The van der Waals surface area contributed by atoms with Crippen LogP contribution in [0.3, 0.4) is 0 Å². The van der Waals surface area contributed by atoms with Crippen molar-refractivity contribution < 1.29 is 42.2 Å². The molecule has 2 atom stereocenters. The number of carboxylic acids is 1. The lowest BCUT2D eigenvalue weighted by atomic mass is 9.84. The highest BCUT2D eigenvalue weighted by atomic mass is 19.4. The van der Waals surface area contributed by atoms with Crippen LogP contribution >= 0.6 is 0 Å². The van der Waals surface area contributed by atoms with Crippen molar-refractivity contribution >= 4 is 23.4 Å². The van der Waals surface area contributed by atoms with Crippen LogP contribution in [0.25, 0.3) is 0 Å². The topological polar surface area (TPSA) is 110 Å². The van der Waals surface area contributed by atoms with Gasteiger partial charge < -0.3 is 15.2 Å². The van der Waals surface area contributed by atoms with Gasteiger partial charge in [0.1, 0.15) is 5.75 Å². The molecule has 0 fully saturated rings. The molecule has 0 aliphatic carbocycles. The van der Waals surface area contributed by atoms with Crippen LogP contribution < -0.4 is 10.1 Å². The van der Waals surface area contributed by atoms with E-state index in [0.29, 0.717) is 17.0 Å². The van der Waals surface area contributed by atoms with Crippen LogP contribution in [0.15, 0.2) is 72.8 Å². The Morgan fingerprint density at radius 2 is 1.49 bits per heavy atom. The molecule has 0 spiro atoms. The smallest absolute Gasteiger partial charge is 0.481 e. The summed E-state index contributed by atoms with van der Waals surface area (Å²) < 4.78 is 42.3. The first-order valence-electron chi connectivity index (χ1n) is 13.0. The van der Waals surface area contributed by atoms with Gasteiger partial charge in [-0.2, -0.15) is 0 Å². The van der Waals surface area contributed by atoms with Crippen LogP contribution in [0, 0.1) is 0 Å². The van der Waals surface area contributed by atoms with Gasteiger partial charge in [-0.25, -0.2) is 0 Å². The lowest BCUT2D eigenvalue weighted by molar-refractivity contribution is -0.274. The van der Waals surface area contributed by atoms with Gasteiger partial charge in [-0.3, -0.25) is 19.2 Å². The molecule has 0 bridgehead atoms. The lowest BCUT2D eigenvalue weighted by Crippen LogP contribution is -2.26. The van der Waals surface area contributed by atoms with Crippen molar-refractivity contribution in [3.05, 3.63) is 101 Å². The molecule has 1 amide bonds. The van der Waals surface area contributed by atoms with E-state index < -0.39 is 35.7 Å². The Hall–Kier alpha value is -4.47. The number of alkyl halides is 3. The van der Waals surface area contributed by atoms with E-state index in [0.717, 1.165) is 24.1 Å². The van der Waals surface area contributed by atoms with E-state index in [9.17, 15) is 32.3 Å². The van der Waals surface area contributed by atoms with Gasteiger partial charge in [-0.15, -0.1) is 13.2 Å². The molecule has 0 radical (unpaired) electrons. The fourth-order valence-corrected chi connectivity index (χ4v) is 4.20. The molecule has 10 heteroatoms. The van der Waals surface area contributed by atoms with Gasteiger partial charge in [0.25, 0.3) is 5.91 Å². The number of aliphatic carboxylic acids is 1. The molecule has 2 unspecified atom stereocenters. The summed E-state index contributed by atoms with van der Waals surface area (Å²) in [5, 5.41) is 11.2. The number of hydrogen-bond acceptors (Lipinski definition) is 5. The molecule has 2 N–H and O–H groups in total. The number of carboxylic acid groups (broad SMARTS) is 1. The number of carbonyl (C=O) groups is 4. The highest BCUT2D eigenvalue weighted by Gasteiger charge is 2.32. The molecule has 3 aromatic carbocycles. The van der Waals surface area contributed by atoms with E-state index in [1.54, 1.807) is 12.1 Å². The van der Waals surface area contributed by atoms with E-state index in [2.05, 4.69) is 23.9 Å². The molecular formula is C31H30F3NO6. The Bertz CT molecular complexity index is 1380. The number of amides is 1. The molecule has 0 aliphatic heterocycles. The normalized spacial score (nSPS) is 12.7. The summed E-state index contributed by atoms with van der Waals surface area (Å²) in [6.45, 7) is 4.05. The Kier molecular flexibility index (Phi) is 10.4. The summed E-state index contributed by atoms with van der Waals surface area (Å²) in [5.74, 6) is -3.84. The standard InChI is InChI=1S/C31H30F3NO6/c1-3-19(2)20-7-11-22(12-8-20)27(36)18-26(29(39)24-5-4-6-25(17-24)41-31(32,33)34)21-9-13-23(14-10-21)30(40)35-16-15-28(37)38/h4-14,17,19,26H,3,15-16,18H2,1-2H3,(H,35,40)(H,37,38). The monoisotopic (exact) mass is 569 g/mol. The van der Waals surface area contributed by atoms with Gasteiger partial charge in [0, 0.05) is 29.7 Å². The average molecular weight is 570 g/mol. The number of ketones is 2. The maximum absolute atomic E-state index is 13.6. The molecule has 0 saturated carbocycles. The highest BCUT2D eigenvalue weighted by molar-refractivity contribution is 6.06. The fourth-order valence-electron chi connectivity index (χ4n) is 4.20. The summed E-state index contributed by atoms with van der Waals surface area (Å²) in [7, 11) is 0. The van der Waals surface area contributed by atoms with E-state index in [1.165, 1.54) is 36.4 Å². The SMILES string of the molecule is CCC(C)c1ccc(C(=O)CC(C(=O)c2cccc(OC(F)(F)F)c2)c2ccc(C(=O)NCCC(=O)O)cc2)cc1.